The first kappa shape index (κ1) is 20.9. The Hall–Kier alpha value is -2.95. The lowest BCUT2D eigenvalue weighted by molar-refractivity contribution is 0.255. The highest BCUT2D eigenvalue weighted by Crippen LogP contribution is 2.40. The summed E-state index contributed by atoms with van der Waals surface area (Å²) >= 11 is 6.64. The van der Waals surface area contributed by atoms with Crippen LogP contribution in [0.4, 0.5) is 0 Å². The van der Waals surface area contributed by atoms with Crippen molar-refractivity contribution in [1.82, 2.24) is 15.3 Å². The van der Waals surface area contributed by atoms with E-state index in [4.69, 9.17) is 21.3 Å². The maximum Gasteiger partial charge on any atom is 0.138 e. The molecule has 1 atom stereocenters. The third kappa shape index (κ3) is 4.21. The second-order valence-corrected chi connectivity index (χ2v) is 8.95. The van der Waals surface area contributed by atoms with Crippen LogP contribution >= 0.6 is 11.6 Å². The maximum absolute atomic E-state index is 6.64. The first-order chi connectivity index (χ1) is 15.6. The highest BCUT2D eigenvalue weighted by Gasteiger charge is 2.19. The minimum Gasteiger partial charge on any atom is -0.492 e. The van der Waals surface area contributed by atoms with Gasteiger partial charge in [-0.1, -0.05) is 47.0 Å². The Morgan fingerprint density at radius 3 is 2.53 bits per heavy atom. The van der Waals surface area contributed by atoms with Gasteiger partial charge in [0.1, 0.15) is 5.75 Å². The fourth-order valence-electron chi connectivity index (χ4n) is 4.32. The lowest BCUT2D eigenvalue weighted by atomic mass is 9.98. The molecule has 2 aromatic heterocycles. The first-order valence-corrected chi connectivity index (χ1v) is 11.4. The maximum atomic E-state index is 6.64. The van der Waals surface area contributed by atoms with E-state index in [0.717, 1.165) is 51.9 Å². The number of halogens is 1. The smallest absolute Gasteiger partial charge is 0.138 e. The van der Waals surface area contributed by atoms with Gasteiger partial charge in [0.25, 0.3) is 0 Å². The summed E-state index contributed by atoms with van der Waals surface area (Å²) in [5, 5.41) is 5.07. The standard InChI is InChI=1S/C27H26ClN3O/c1-17-10-18(2)12-20(11-17)24-16-31-26-14-25(28)22(19-4-3-7-29-15-19)13-23(26)27(24)32-9-6-21-5-8-30-21/h3-4,7,10-16,21,30H,5-6,8-9H2,1-2H3. The van der Waals surface area contributed by atoms with Gasteiger partial charge in [-0.25, -0.2) is 0 Å². The summed E-state index contributed by atoms with van der Waals surface area (Å²) in [7, 11) is 0. The largest absolute Gasteiger partial charge is 0.492 e. The lowest BCUT2D eigenvalue weighted by Crippen LogP contribution is -2.43. The summed E-state index contributed by atoms with van der Waals surface area (Å²) in [6.07, 6.45) is 7.70. The summed E-state index contributed by atoms with van der Waals surface area (Å²) in [5.74, 6) is 0.862. The highest BCUT2D eigenvalue weighted by atomic mass is 35.5. The van der Waals surface area contributed by atoms with Crippen molar-refractivity contribution in [2.75, 3.05) is 13.2 Å². The van der Waals surface area contributed by atoms with Crippen LogP contribution in [-0.2, 0) is 0 Å². The number of nitrogens with zero attached hydrogens (tertiary/aromatic N) is 2. The molecule has 0 saturated carbocycles. The number of fused-ring (bicyclic) bond motifs is 1. The van der Waals surface area contributed by atoms with Crippen LogP contribution in [0.2, 0.25) is 5.02 Å². The van der Waals surface area contributed by atoms with Crippen LogP contribution in [0.5, 0.6) is 5.75 Å². The number of hydrogen-bond acceptors (Lipinski definition) is 4. The van der Waals surface area contributed by atoms with Crippen molar-refractivity contribution >= 4 is 22.5 Å². The van der Waals surface area contributed by atoms with Crippen molar-refractivity contribution in [3.8, 4) is 28.0 Å². The van der Waals surface area contributed by atoms with Gasteiger partial charge < -0.3 is 10.1 Å². The van der Waals surface area contributed by atoms with Gasteiger partial charge in [-0.3, -0.25) is 9.97 Å². The molecule has 4 nitrogen and oxygen atoms in total. The minimum atomic E-state index is 0.549. The minimum absolute atomic E-state index is 0.549. The van der Waals surface area contributed by atoms with E-state index in [1.165, 1.54) is 17.5 Å². The van der Waals surface area contributed by atoms with E-state index in [-0.39, 0.29) is 0 Å². The van der Waals surface area contributed by atoms with Crippen LogP contribution in [0.1, 0.15) is 24.0 Å². The molecule has 0 radical (unpaired) electrons. The zero-order valence-electron chi connectivity index (χ0n) is 18.4. The second kappa shape index (κ2) is 8.89. The summed E-state index contributed by atoms with van der Waals surface area (Å²) in [6.45, 7) is 5.99. The Morgan fingerprint density at radius 1 is 1.03 bits per heavy atom. The predicted molar refractivity (Wildman–Crippen MR) is 131 cm³/mol. The van der Waals surface area contributed by atoms with E-state index in [0.29, 0.717) is 17.7 Å². The normalized spacial score (nSPS) is 15.5. The van der Waals surface area contributed by atoms with Gasteiger partial charge in [-0.15, -0.1) is 0 Å². The Labute approximate surface area is 193 Å². The predicted octanol–water partition coefficient (Wildman–Crippen LogP) is 6.36. The molecule has 5 rings (SSSR count). The highest BCUT2D eigenvalue weighted by molar-refractivity contribution is 6.34. The van der Waals surface area contributed by atoms with E-state index < -0.39 is 0 Å². The van der Waals surface area contributed by atoms with Gasteiger partial charge in [0.05, 0.1) is 17.1 Å². The zero-order chi connectivity index (χ0) is 22.1. The Bertz CT molecular complexity index is 1250. The van der Waals surface area contributed by atoms with E-state index in [1.54, 1.807) is 6.20 Å². The molecule has 3 heterocycles. The summed E-state index contributed by atoms with van der Waals surface area (Å²) < 4.78 is 6.48. The van der Waals surface area contributed by atoms with Crippen molar-refractivity contribution < 1.29 is 4.74 Å². The molecule has 1 N–H and O–H groups in total. The van der Waals surface area contributed by atoms with E-state index >= 15 is 0 Å². The number of pyridine rings is 2. The molecule has 1 aliphatic heterocycles. The van der Waals surface area contributed by atoms with Crippen LogP contribution in [0.25, 0.3) is 33.2 Å². The van der Waals surface area contributed by atoms with Crippen molar-refractivity contribution in [2.24, 2.45) is 0 Å². The summed E-state index contributed by atoms with van der Waals surface area (Å²) in [6, 6.07) is 15.1. The summed E-state index contributed by atoms with van der Waals surface area (Å²) in [4.78, 5) is 9.01. The van der Waals surface area contributed by atoms with E-state index in [2.05, 4.69) is 48.4 Å². The molecule has 1 aliphatic rings. The van der Waals surface area contributed by atoms with Crippen LogP contribution in [0.3, 0.4) is 0 Å². The SMILES string of the molecule is Cc1cc(C)cc(-c2cnc3cc(Cl)c(-c4cccnc4)cc3c2OCCC2CCN2)c1. The molecule has 162 valence electrons. The number of hydrogen-bond donors (Lipinski definition) is 1. The molecule has 2 aromatic carbocycles. The van der Waals surface area contributed by atoms with Crippen molar-refractivity contribution in [3.63, 3.8) is 0 Å². The molecule has 4 aromatic rings. The Morgan fingerprint density at radius 2 is 1.84 bits per heavy atom. The molecular formula is C27H26ClN3O. The molecule has 0 amide bonds. The fraction of sp³-hybridized carbons (Fsp3) is 0.259. The molecule has 0 bridgehead atoms. The topological polar surface area (TPSA) is 47.0 Å². The number of benzene rings is 2. The zero-order valence-corrected chi connectivity index (χ0v) is 19.1. The number of nitrogens with one attached hydrogen (secondary N) is 1. The quantitative estimate of drug-likeness (QED) is 0.376. The Kier molecular flexibility index (Phi) is 5.81. The lowest BCUT2D eigenvalue weighted by Gasteiger charge is -2.27. The van der Waals surface area contributed by atoms with Gasteiger partial charge in [0.2, 0.25) is 0 Å². The number of aryl methyl sites for hydroxylation is 2. The van der Waals surface area contributed by atoms with Crippen molar-refractivity contribution in [1.29, 1.82) is 0 Å². The van der Waals surface area contributed by atoms with Crippen molar-refractivity contribution in [3.05, 3.63) is 77.2 Å². The van der Waals surface area contributed by atoms with Crippen LogP contribution in [-0.4, -0.2) is 29.2 Å². The molecule has 0 spiro atoms. The third-order valence-electron chi connectivity index (χ3n) is 6.05. The Balaban J connectivity index is 1.66. The number of ether oxygens (including phenoxy) is 1. The molecule has 32 heavy (non-hydrogen) atoms. The first-order valence-electron chi connectivity index (χ1n) is 11.1. The molecule has 1 unspecified atom stereocenters. The number of rotatable bonds is 6. The van der Waals surface area contributed by atoms with Gasteiger partial charge in [0.15, 0.2) is 0 Å². The van der Waals surface area contributed by atoms with Crippen LogP contribution < -0.4 is 10.1 Å². The van der Waals surface area contributed by atoms with E-state index in [9.17, 15) is 0 Å². The average molecular weight is 444 g/mol. The second-order valence-electron chi connectivity index (χ2n) is 8.55. The molecular weight excluding hydrogens is 418 g/mol. The van der Waals surface area contributed by atoms with Gasteiger partial charge in [-0.2, -0.15) is 0 Å². The molecule has 0 aliphatic carbocycles. The average Bonchev–Trinajstić information content (AvgIpc) is 2.74. The van der Waals surface area contributed by atoms with Crippen LogP contribution in [0.15, 0.2) is 61.1 Å². The molecule has 1 saturated heterocycles. The van der Waals surface area contributed by atoms with Gasteiger partial charge in [0, 0.05) is 46.7 Å². The third-order valence-corrected chi connectivity index (χ3v) is 6.36. The van der Waals surface area contributed by atoms with Gasteiger partial charge in [-0.05, 0) is 57.0 Å². The van der Waals surface area contributed by atoms with E-state index in [1.807, 2.05) is 30.6 Å². The number of aromatic nitrogens is 2. The molecule has 1 fully saturated rings. The van der Waals surface area contributed by atoms with Crippen molar-refractivity contribution in [2.45, 2.75) is 32.7 Å². The summed E-state index contributed by atoms with van der Waals surface area (Å²) in [5.41, 5.74) is 7.29. The molecule has 5 heteroatoms. The van der Waals surface area contributed by atoms with Gasteiger partial charge >= 0.3 is 0 Å². The van der Waals surface area contributed by atoms with Crippen LogP contribution in [0, 0.1) is 13.8 Å². The fourth-order valence-corrected chi connectivity index (χ4v) is 4.59. The monoisotopic (exact) mass is 443 g/mol.